The zero-order chi connectivity index (χ0) is 15.2. The molecule has 0 aliphatic rings. The number of hydrogen-bond acceptors (Lipinski definition) is 2. The minimum absolute atomic E-state index is 0.321. The number of aromatic nitrogens is 1. The molecule has 1 N–H and O–H groups in total. The Kier molecular flexibility index (Phi) is 6.18. The van der Waals surface area contributed by atoms with Gasteiger partial charge in [0.25, 0.3) is 0 Å². The Morgan fingerprint density at radius 1 is 1.19 bits per heavy atom. The normalized spacial score (nSPS) is 12.4. The minimum Gasteiger partial charge on any atom is -0.310 e. The summed E-state index contributed by atoms with van der Waals surface area (Å²) >= 11 is 2.45. The summed E-state index contributed by atoms with van der Waals surface area (Å²) in [6, 6.07) is 11.2. The van der Waals surface area contributed by atoms with E-state index in [-0.39, 0.29) is 0 Å². The second kappa shape index (κ2) is 7.90. The summed E-state index contributed by atoms with van der Waals surface area (Å²) in [5.74, 6) is 0. The first-order valence-electron chi connectivity index (χ1n) is 7.57. The van der Waals surface area contributed by atoms with Crippen LogP contribution in [0.1, 0.15) is 42.3 Å². The molecule has 112 valence electrons. The molecule has 3 heteroatoms. The van der Waals surface area contributed by atoms with Crippen molar-refractivity contribution >= 4 is 22.6 Å². The topological polar surface area (TPSA) is 24.9 Å². The quantitative estimate of drug-likeness (QED) is 0.733. The molecule has 1 atom stereocenters. The third-order valence-electron chi connectivity index (χ3n) is 3.76. The van der Waals surface area contributed by atoms with Crippen LogP contribution in [0.3, 0.4) is 0 Å². The van der Waals surface area contributed by atoms with E-state index in [0.717, 1.165) is 25.1 Å². The van der Waals surface area contributed by atoms with Crippen LogP contribution < -0.4 is 5.32 Å². The summed E-state index contributed by atoms with van der Waals surface area (Å²) in [5, 5.41) is 3.60. The first-order chi connectivity index (χ1) is 10.2. The van der Waals surface area contributed by atoms with Gasteiger partial charge in [0, 0.05) is 27.9 Å². The second-order valence-corrected chi connectivity index (χ2v) is 6.38. The van der Waals surface area contributed by atoms with Crippen molar-refractivity contribution in [2.75, 3.05) is 6.54 Å². The van der Waals surface area contributed by atoms with Crippen molar-refractivity contribution in [2.24, 2.45) is 0 Å². The first kappa shape index (κ1) is 16.4. The van der Waals surface area contributed by atoms with Crippen molar-refractivity contribution in [3.8, 4) is 0 Å². The molecule has 1 aromatic heterocycles. The molecule has 2 nitrogen and oxygen atoms in total. The Morgan fingerprint density at radius 3 is 2.62 bits per heavy atom. The predicted octanol–water partition coefficient (Wildman–Crippen LogP) is 4.45. The molecule has 0 amide bonds. The fraction of sp³-hybridized carbons (Fsp3) is 0.389. The standard InChI is InChI=1S/C18H23IN2/c1-4-14-9-10-15(21-12-14)11-17(20-5-2)16-8-6-7-13(3)18(16)19/h6-10,12,17,20H,4-5,11H2,1-3H3. The number of benzene rings is 1. The highest BCUT2D eigenvalue weighted by atomic mass is 127. The molecule has 2 aromatic rings. The van der Waals surface area contributed by atoms with Crippen molar-refractivity contribution in [3.63, 3.8) is 0 Å². The number of nitrogens with zero attached hydrogens (tertiary/aromatic N) is 1. The summed E-state index contributed by atoms with van der Waals surface area (Å²) in [4.78, 5) is 4.61. The first-order valence-corrected chi connectivity index (χ1v) is 8.65. The fourth-order valence-corrected chi connectivity index (χ4v) is 3.21. The van der Waals surface area contributed by atoms with Crippen molar-refractivity contribution in [3.05, 3.63) is 62.5 Å². The lowest BCUT2D eigenvalue weighted by atomic mass is 9.99. The average Bonchev–Trinajstić information content (AvgIpc) is 2.50. The molecular weight excluding hydrogens is 371 g/mol. The summed E-state index contributed by atoms with van der Waals surface area (Å²) in [6.07, 6.45) is 3.97. The van der Waals surface area contributed by atoms with Crippen molar-refractivity contribution in [1.29, 1.82) is 0 Å². The molecule has 1 heterocycles. The van der Waals surface area contributed by atoms with Gasteiger partial charge in [-0.2, -0.15) is 0 Å². The molecule has 0 saturated carbocycles. The maximum absolute atomic E-state index is 4.61. The van der Waals surface area contributed by atoms with Crippen LogP contribution in [-0.2, 0) is 12.8 Å². The lowest BCUT2D eigenvalue weighted by Gasteiger charge is -2.20. The maximum Gasteiger partial charge on any atom is 0.0422 e. The van der Waals surface area contributed by atoms with Gasteiger partial charge in [0.15, 0.2) is 0 Å². The Morgan fingerprint density at radius 2 is 2.00 bits per heavy atom. The van der Waals surface area contributed by atoms with Crippen LogP contribution in [0.4, 0.5) is 0 Å². The molecule has 0 aliphatic carbocycles. The van der Waals surface area contributed by atoms with E-state index < -0.39 is 0 Å². The number of nitrogens with one attached hydrogen (secondary N) is 1. The van der Waals surface area contributed by atoms with Crippen LogP contribution in [0.2, 0.25) is 0 Å². The van der Waals surface area contributed by atoms with Gasteiger partial charge in [-0.25, -0.2) is 0 Å². The van der Waals surface area contributed by atoms with Crippen LogP contribution in [-0.4, -0.2) is 11.5 Å². The fourth-order valence-electron chi connectivity index (χ4n) is 2.47. The zero-order valence-electron chi connectivity index (χ0n) is 13.0. The molecule has 1 unspecified atom stereocenters. The molecule has 0 radical (unpaired) electrons. The molecule has 0 saturated heterocycles. The van der Waals surface area contributed by atoms with Crippen LogP contribution in [0, 0.1) is 10.5 Å². The van der Waals surface area contributed by atoms with Crippen LogP contribution in [0.15, 0.2) is 36.5 Å². The summed E-state index contributed by atoms with van der Waals surface area (Å²) in [7, 11) is 0. The number of likely N-dealkylation sites (N-methyl/N-ethyl adjacent to an activating group) is 1. The Labute approximate surface area is 141 Å². The Balaban J connectivity index is 2.24. The minimum atomic E-state index is 0.321. The van der Waals surface area contributed by atoms with Crippen molar-refractivity contribution in [2.45, 2.75) is 39.7 Å². The number of aryl methyl sites for hydroxylation is 2. The van der Waals surface area contributed by atoms with Crippen molar-refractivity contribution in [1.82, 2.24) is 10.3 Å². The molecule has 2 rings (SSSR count). The smallest absolute Gasteiger partial charge is 0.0422 e. The number of halogens is 1. The van der Waals surface area contributed by atoms with Crippen LogP contribution in [0.5, 0.6) is 0 Å². The molecule has 1 aromatic carbocycles. The monoisotopic (exact) mass is 394 g/mol. The molecule has 0 bridgehead atoms. The average molecular weight is 394 g/mol. The zero-order valence-corrected chi connectivity index (χ0v) is 15.1. The van der Waals surface area contributed by atoms with Gasteiger partial charge in [0.05, 0.1) is 0 Å². The third-order valence-corrected chi connectivity index (χ3v) is 5.23. The Bertz CT molecular complexity index is 578. The number of rotatable bonds is 6. The van der Waals surface area contributed by atoms with E-state index in [1.807, 2.05) is 6.20 Å². The summed E-state index contributed by atoms with van der Waals surface area (Å²) < 4.78 is 1.35. The van der Waals surface area contributed by atoms with E-state index in [4.69, 9.17) is 0 Å². The van der Waals surface area contributed by atoms with Crippen molar-refractivity contribution < 1.29 is 0 Å². The van der Waals surface area contributed by atoms with Gasteiger partial charge in [-0.15, -0.1) is 0 Å². The highest BCUT2D eigenvalue weighted by molar-refractivity contribution is 14.1. The van der Waals surface area contributed by atoms with Gasteiger partial charge < -0.3 is 5.32 Å². The van der Waals surface area contributed by atoms with E-state index in [9.17, 15) is 0 Å². The lowest BCUT2D eigenvalue weighted by Crippen LogP contribution is -2.24. The van der Waals surface area contributed by atoms with E-state index in [1.54, 1.807) is 0 Å². The molecule has 0 aliphatic heterocycles. The van der Waals surface area contributed by atoms with Gasteiger partial charge in [0.1, 0.15) is 0 Å². The maximum atomic E-state index is 4.61. The van der Waals surface area contributed by atoms with E-state index in [2.05, 4.69) is 84.0 Å². The van der Waals surface area contributed by atoms with Crippen LogP contribution in [0.25, 0.3) is 0 Å². The number of pyridine rings is 1. The largest absolute Gasteiger partial charge is 0.310 e. The predicted molar refractivity (Wildman–Crippen MR) is 97.6 cm³/mol. The van der Waals surface area contributed by atoms with E-state index in [1.165, 1.54) is 20.3 Å². The second-order valence-electron chi connectivity index (χ2n) is 5.30. The lowest BCUT2D eigenvalue weighted by molar-refractivity contribution is 0.541. The third kappa shape index (κ3) is 4.27. The van der Waals surface area contributed by atoms with Gasteiger partial charge >= 0.3 is 0 Å². The van der Waals surface area contributed by atoms with Gasteiger partial charge in [0.2, 0.25) is 0 Å². The SMILES string of the molecule is CCNC(Cc1ccc(CC)cn1)c1cccc(C)c1I. The highest BCUT2D eigenvalue weighted by Gasteiger charge is 2.15. The van der Waals surface area contributed by atoms with Gasteiger partial charge in [-0.05, 0) is 65.2 Å². The molecular formula is C18H23IN2. The molecule has 21 heavy (non-hydrogen) atoms. The molecule has 0 fully saturated rings. The summed E-state index contributed by atoms with van der Waals surface area (Å²) in [5.41, 5.74) is 5.16. The van der Waals surface area contributed by atoms with Gasteiger partial charge in [-0.3, -0.25) is 4.98 Å². The number of hydrogen-bond donors (Lipinski definition) is 1. The summed E-state index contributed by atoms with van der Waals surface area (Å²) in [6.45, 7) is 7.45. The van der Waals surface area contributed by atoms with Crippen LogP contribution >= 0.6 is 22.6 Å². The highest BCUT2D eigenvalue weighted by Crippen LogP contribution is 2.25. The van der Waals surface area contributed by atoms with E-state index in [0.29, 0.717) is 6.04 Å². The van der Waals surface area contributed by atoms with E-state index >= 15 is 0 Å². The Hall–Kier alpha value is -0.940. The van der Waals surface area contributed by atoms with Gasteiger partial charge in [-0.1, -0.05) is 38.1 Å². The molecule has 0 spiro atoms.